The Morgan fingerprint density at radius 1 is 1.17 bits per heavy atom. The van der Waals surface area contributed by atoms with Crippen LogP contribution in [0.2, 0.25) is 0 Å². The minimum Gasteiger partial charge on any atom is -0.239 e. The molecule has 0 spiro atoms. The van der Waals surface area contributed by atoms with Crippen molar-refractivity contribution in [2.45, 2.75) is 20.0 Å². The monoisotopic (exact) mass is 170 g/mol. The Bertz CT molecular complexity index is 143. The first-order chi connectivity index (χ1) is 5.67. The molecule has 0 aliphatic rings. The first kappa shape index (κ1) is 11.4. The molecule has 2 heteroatoms. The third kappa shape index (κ3) is 3.20. The summed E-state index contributed by atoms with van der Waals surface area (Å²) in [5.41, 5.74) is 0. The van der Waals surface area contributed by atoms with Gasteiger partial charge in [-0.2, -0.15) is 0 Å². The van der Waals surface area contributed by atoms with Gasteiger partial charge in [-0.1, -0.05) is 26.0 Å². The Morgan fingerprint density at radius 2 is 1.75 bits per heavy atom. The molecule has 0 rings (SSSR count). The molecule has 3 atom stereocenters. The Balaban J connectivity index is 4.09. The molecule has 0 aliphatic heterocycles. The summed E-state index contributed by atoms with van der Waals surface area (Å²) in [5, 5.41) is 0. The average molecular weight is 170 g/mol. The molecule has 0 fully saturated rings. The van der Waals surface area contributed by atoms with Crippen molar-refractivity contribution in [3.8, 4) is 0 Å². The Labute approximate surface area is 74.8 Å². The molecule has 0 aromatic heterocycles. The summed E-state index contributed by atoms with van der Waals surface area (Å²) in [6, 6.07) is 0. The van der Waals surface area contributed by atoms with Crippen LogP contribution in [0.25, 0.3) is 0 Å². The Hall–Kier alpha value is -0.600. The van der Waals surface area contributed by atoms with Crippen LogP contribution >= 0.6 is 0 Å². The quantitative estimate of drug-likeness (QED) is 0.346. The summed E-state index contributed by atoms with van der Waals surface area (Å²) in [4.78, 5) is 9.62. The van der Waals surface area contributed by atoms with Crippen molar-refractivity contribution in [1.82, 2.24) is 0 Å². The molecule has 0 aromatic rings. The minimum absolute atomic E-state index is 0.0667. The average Bonchev–Trinajstić information content (AvgIpc) is 2.11. The van der Waals surface area contributed by atoms with Crippen LogP contribution < -0.4 is 0 Å². The Morgan fingerprint density at radius 3 is 2.08 bits per heavy atom. The van der Waals surface area contributed by atoms with E-state index in [1.807, 2.05) is 6.08 Å². The third-order valence-corrected chi connectivity index (χ3v) is 2.16. The highest BCUT2D eigenvalue weighted by atomic mass is 17.2. The van der Waals surface area contributed by atoms with Crippen molar-refractivity contribution in [2.75, 3.05) is 7.11 Å². The van der Waals surface area contributed by atoms with Crippen LogP contribution in [0.5, 0.6) is 0 Å². The number of rotatable bonds is 6. The van der Waals surface area contributed by atoms with Crippen LogP contribution in [0.1, 0.15) is 13.8 Å². The van der Waals surface area contributed by atoms with Gasteiger partial charge >= 0.3 is 0 Å². The number of hydrogen-bond acceptors (Lipinski definition) is 2. The highest BCUT2D eigenvalue weighted by Crippen LogP contribution is 2.19. The van der Waals surface area contributed by atoms with E-state index in [1.54, 1.807) is 6.08 Å². The van der Waals surface area contributed by atoms with Gasteiger partial charge in [0.25, 0.3) is 0 Å². The largest absolute Gasteiger partial charge is 0.239 e. The lowest BCUT2D eigenvalue weighted by Crippen LogP contribution is -2.23. The predicted molar refractivity (Wildman–Crippen MR) is 50.6 cm³/mol. The molecule has 0 saturated heterocycles. The van der Waals surface area contributed by atoms with E-state index in [1.165, 1.54) is 7.11 Å². The number of hydrogen-bond donors (Lipinski definition) is 0. The van der Waals surface area contributed by atoms with Crippen molar-refractivity contribution >= 4 is 0 Å². The van der Waals surface area contributed by atoms with Crippen molar-refractivity contribution in [3.05, 3.63) is 25.3 Å². The second kappa shape index (κ2) is 5.98. The lowest BCUT2D eigenvalue weighted by molar-refractivity contribution is -0.303. The molecule has 70 valence electrons. The highest BCUT2D eigenvalue weighted by Gasteiger charge is 2.19. The summed E-state index contributed by atoms with van der Waals surface area (Å²) in [6.45, 7) is 11.6. The molecule has 0 amide bonds. The van der Waals surface area contributed by atoms with Crippen LogP contribution in [-0.4, -0.2) is 13.2 Å². The van der Waals surface area contributed by atoms with E-state index in [9.17, 15) is 0 Å². The van der Waals surface area contributed by atoms with Gasteiger partial charge in [0, 0.05) is 0 Å². The molecule has 0 aromatic carbocycles. The second-order valence-electron chi connectivity index (χ2n) is 2.92. The van der Waals surface area contributed by atoms with Crippen LogP contribution in [0.4, 0.5) is 0 Å². The lowest BCUT2D eigenvalue weighted by Gasteiger charge is -2.22. The van der Waals surface area contributed by atoms with E-state index in [0.717, 1.165) is 0 Å². The third-order valence-electron chi connectivity index (χ3n) is 2.16. The highest BCUT2D eigenvalue weighted by molar-refractivity contribution is 4.90. The summed E-state index contributed by atoms with van der Waals surface area (Å²) in [7, 11) is 1.50. The molecule has 0 unspecified atom stereocenters. The van der Waals surface area contributed by atoms with Gasteiger partial charge in [0.1, 0.15) is 6.10 Å². The fourth-order valence-electron chi connectivity index (χ4n) is 0.967. The fraction of sp³-hybridized carbons (Fsp3) is 0.600. The predicted octanol–water partition coefficient (Wildman–Crippen LogP) is 2.58. The van der Waals surface area contributed by atoms with Crippen molar-refractivity contribution in [3.63, 3.8) is 0 Å². The zero-order valence-corrected chi connectivity index (χ0v) is 8.12. The minimum atomic E-state index is -0.0667. The topological polar surface area (TPSA) is 18.5 Å². The molecule has 0 N–H and O–H groups in total. The zero-order chi connectivity index (χ0) is 9.56. The first-order valence-corrected chi connectivity index (χ1v) is 4.12. The van der Waals surface area contributed by atoms with E-state index in [2.05, 4.69) is 31.9 Å². The van der Waals surface area contributed by atoms with Crippen molar-refractivity contribution < 1.29 is 9.78 Å². The van der Waals surface area contributed by atoms with Crippen molar-refractivity contribution in [2.24, 2.45) is 11.8 Å². The van der Waals surface area contributed by atoms with E-state index in [0.29, 0.717) is 11.8 Å². The van der Waals surface area contributed by atoms with Gasteiger partial charge in [0.15, 0.2) is 0 Å². The molecule has 0 saturated carbocycles. The summed E-state index contributed by atoms with van der Waals surface area (Å²) < 4.78 is 0. The molecular formula is C10H18O2. The molecule has 0 radical (unpaired) electrons. The standard InChI is InChI=1S/C10H18O2/c1-6-8(3)9(4)10(7-2)12-11-5/h6-10H,1-2H2,3-5H3/t8-,9-,10-/m0/s1. The lowest BCUT2D eigenvalue weighted by atomic mass is 9.91. The maximum Gasteiger partial charge on any atom is 0.114 e. The van der Waals surface area contributed by atoms with E-state index >= 15 is 0 Å². The summed E-state index contributed by atoms with van der Waals surface area (Å²) >= 11 is 0. The van der Waals surface area contributed by atoms with Crippen LogP contribution in [-0.2, 0) is 9.78 Å². The maximum absolute atomic E-state index is 5.01. The maximum atomic E-state index is 5.01. The molecule has 2 nitrogen and oxygen atoms in total. The van der Waals surface area contributed by atoms with Crippen LogP contribution in [0.15, 0.2) is 25.3 Å². The smallest absolute Gasteiger partial charge is 0.114 e. The van der Waals surface area contributed by atoms with Gasteiger partial charge in [-0.05, 0) is 11.8 Å². The van der Waals surface area contributed by atoms with Gasteiger partial charge in [0.05, 0.1) is 7.11 Å². The van der Waals surface area contributed by atoms with E-state index in [-0.39, 0.29) is 6.10 Å². The first-order valence-electron chi connectivity index (χ1n) is 4.12. The van der Waals surface area contributed by atoms with Crippen molar-refractivity contribution in [1.29, 1.82) is 0 Å². The molecular weight excluding hydrogens is 152 g/mol. The van der Waals surface area contributed by atoms with Gasteiger partial charge in [0.2, 0.25) is 0 Å². The van der Waals surface area contributed by atoms with Gasteiger partial charge in [-0.25, -0.2) is 9.78 Å². The van der Waals surface area contributed by atoms with Gasteiger partial charge < -0.3 is 0 Å². The van der Waals surface area contributed by atoms with Gasteiger partial charge in [-0.15, -0.1) is 13.2 Å². The second-order valence-corrected chi connectivity index (χ2v) is 2.92. The number of allylic oxidation sites excluding steroid dienone is 1. The fourth-order valence-corrected chi connectivity index (χ4v) is 0.967. The molecule has 12 heavy (non-hydrogen) atoms. The van der Waals surface area contributed by atoms with Gasteiger partial charge in [-0.3, -0.25) is 0 Å². The molecule has 0 aliphatic carbocycles. The van der Waals surface area contributed by atoms with Crippen LogP contribution in [0, 0.1) is 11.8 Å². The zero-order valence-electron chi connectivity index (χ0n) is 8.12. The van der Waals surface area contributed by atoms with E-state index < -0.39 is 0 Å². The summed E-state index contributed by atoms with van der Waals surface area (Å²) in [5.74, 6) is 0.725. The van der Waals surface area contributed by atoms with Crippen LogP contribution in [0.3, 0.4) is 0 Å². The summed E-state index contributed by atoms with van der Waals surface area (Å²) in [6.07, 6.45) is 3.58. The van der Waals surface area contributed by atoms with E-state index in [4.69, 9.17) is 4.89 Å². The molecule has 0 heterocycles. The SMILES string of the molecule is C=C[C@H](OOC)[C@@H](C)[C@@H](C)C=C. The Kier molecular flexibility index (Phi) is 5.68. The normalized spacial score (nSPS) is 17.9. The molecule has 0 bridgehead atoms.